The average molecular weight is 808 g/mol. The molecule has 0 aliphatic heterocycles. The molecule has 0 N–H and O–H groups in total. The maximum atomic E-state index is 6.60. The van der Waals surface area contributed by atoms with Crippen LogP contribution in [-0.4, -0.2) is 0 Å². The van der Waals surface area contributed by atoms with Crippen LogP contribution in [0.25, 0.3) is 83.5 Å². The lowest BCUT2D eigenvalue weighted by molar-refractivity contribution is 0.532. The summed E-state index contributed by atoms with van der Waals surface area (Å²) in [7, 11) is 0. The van der Waals surface area contributed by atoms with Crippen molar-refractivity contribution in [3.63, 3.8) is 0 Å². The van der Waals surface area contributed by atoms with Crippen LogP contribution in [0.2, 0.25) is 0 Å². The Labute approximate surface area is 366 Å². The van der Waals surface area contributed by atoms with E-state index in [4.69, 9.17) is 8.83 Å². The number of rotatable bonds is 8. The van der Waals surface area contributed by atoms with Crippen molar-refractivity contribution in [3.8, 4) is 44.5 Å². The lowest BCUT2D eigenvalue weighted by Gasteiger charge is -2.26. The number of allylic oxidation sites excluding steroid dienone is 1. The summed E-state index contributed by atoms with van der Waals surface area (Å²) in [5.74, 6) is 1.25. The normalized spacial score (nSPS) is 13.4. The van der Waals surface area contributed by atoms with E-state index in [1.54, 1.807) is 0 Å². The molecule has 2 heterocycles. The van der Waals surface area contributed by atoms with Crippen molar-refractivity contribution in [1.29, 1.82) is 0 Å². The van der Waals surface area contributed by atoms with E-state index in [1.807, 2.05) is 6.07 Å². The van der Waals surface area contributed by atoms with Crippen LogP contribution in [0.5, 0.6) is 0 Å². The van der Waals surface area contributed by atoms with E-state index in [0.717, 1.165) is 73.5 Å². The standard InChI is InChI=1S/C60H41NO2/c1-3-11-40(12-4-1)42-21-23-44(24-22-42)46-15-9-16-51(37-46)61(49-31-25-43(26-32-49)41-13-5-2-6-14-41)50-33-27-45(28-34-50)52-18-10-20-57-60(52)55-36-30-48(39-59(55)63-57)47-29-35-54-53-17-7-8-19-56(53)62-58(54)38-47/h1-37,39,47H,38H2. The van der Waals surface area contributed by atoms with Gasteiger partial charge < -0.3 is 13.7 Å². The summed E-state index contributed by atoms with van der Waals surface area (Å²) in [6, 6.07) is 78.1. The maximum Gasteiger partial charge on any atom is 0.136 e. The van der Waals surface area contributed by atoms with Crippen molar-refractivity contribution in [2.24, 2.45) is 0 Å². The summed E-state index contributed by atoms with van der Waals surface area (Å²) in [5.41, 5.74) is 17.8. The van der Waals surface area contributed by atoms with Crippen LogP contribution in [-0.2, 0) is 6.42 Å². The predicted octanol–water partition coefficient (Wildman–Crippen LogP) is 16.8. The largest absolute Gasteiger partial charge is 0.460 e. The number of para-hydroxylation sites is 1. The second kappa shape index (κ2) is 15.4. The molecule has 1 aliphatic carbocycles. The molecule has 0 bridgehead atoms. The molecule has 2 aromatic heterocycles. The Bertz CT molecular complexity index is 3450. The molecule has 1 aliphatic rings. The molecule has 3 heteroatoms. The minimum Gasteiger partial charge on any atom is -0.460 e. The van der Waals surface area contributed by atoms with E-state index in [9.17, 15) is 0 Å². The highest BCUT2D eigenvalue weighted by molar-refractivity contribution is 6.12. The van der Waals surface area contributed by atoms with E-state index < -0.39 is 0 Å². The summed E-state index contributed by atoms with van der Waals surface area (Å²) < 4.78 is 12.9. The summed E-state index contributed by atoms with van der Waals surface area (Å²) >= 11 is 0. The van der Waals surface area contributed by atoms with Gasteiger partial charge in [-0.15, -0.1) is 0 Å². The van der Waals surface area contributed by atoms with Crippen molar-refractivity contribution in [2.45, 2.75) is 12.3 Å². The molecule has 63 heavy (non-hydrogen) atoms. The fourth-order valence-corrected chi connectivity index (χ4v) is 9.45. The monoisotopic (exact) mass is 807 g/mol. The maximum absolute atomic E-state index is 6.60. The fraction of sp³-hybridized carbons (Fsp3) is 0.0333. The summed E-state index contributed by atoms with van der Waals surface area (Å²) in [5, 5.41) is 3.42. The van der Waals surface area contributed by atoms with E-state index >= 15 is 0 Å². The highest BCUT2D eigenvalue weighted by atomic mass is 16.3. The van der Waals surface area contributed by atoms with Crippen molar-refractivity contribution in [3.05, 3.63) is 241 Å². The van der Waals surface area contributed by atoms with Crippen LogP contribution < -0.4 is 4.90 Å². The average Bonchev–Trinajstić information content (AvgIpc) is 3.93. The zero-order chi connectivity index (χ0) is 41.7. The molecule has 11 aromatic rings. The molecule has 0 amide bonds. The van der Waals surface area contributed by atoms with Crippen LogP contribution in [0.3, 0.4) is 0 Å². The highest BCUT2D eigenvalue weighted by Crippen LogP contribution is 2.43. The third-order valence-electron chi connectivity index (χ3n) is 12.7. The molecule has 1 unspecified atom stereocenters. The Hall–Kier alpha value is -8.14. The Morgan fingerprint density at radius 1 is 0.381 bits per heavy atom. The van der Waals surface area contributed by atoms with Gasteiger partial charge >= 0.3 is 0 Å². The lowest BCUT2D eigenvalue weighted by Crippen LogP contribution is -2.10. The summed E-state index contributed by atoms with van der Waals surface area (Å²) in [6.45, 7) is 0. The van der Waals surface area contributed by atoms with Crippen LogP contribution in [0.15, 0.2) is 233 Å². The van der Waals surface area contributed by atoms with Gasteiger partial charge in [-0.3, -0.25) is 0 Å². The number of nitrogens with zero attached hydrogens (tertiary/aromatic N) is 1. The fourth-order valence-electron chi connectivity index (χ4n) is 9.45. The van der Waals surface area contributed by atoms with Gasteiger partial charge in [0.05, 0.1) is 0 Å². The minimum absolute atomic E-state index is 0.209. The van der Waals surface area contributed by atoms with Crippen LogP contribution in [0, 0.1) is 0 Å². The van der Waals surface area contributed by atoms with Gasteiger partial charge in [-0.05, 0) is 105 Å². The Balaban J connectivity index is 0.886. The molecule has 0 saturated heterocycles. The molecular weight excluding hydrogens is 767 g/mol. The first-order valence-electron chi connectivity index (χ1n) is 21.7. The molecule has 298 valence electrons. The van der Waals surface area contributed by atoms with E-state index in [1.165, 1.54) is 44.3 Å². The van der Waals surface area contributed by atoms with Gasteiger partial charge in [-0.2, -0.15) is 0 Å². The van der Waals surface area contributed by atoms with Crippen molar-refractivity contribution in [2.75, 3.05) is 4.90 Å². The van der Waals surface area contributed by atoms with Gasteiger partial charge in [-0.1, -0.05) is 176 Å². The molecule has 0 spiro atoms. The van der Waals surface area contributed by atoms with Gasteiger partial charge in [0.1, 0.15) is 22.5 Å². The molecule has 0 radical (unpaired) electrons. The molecule has 0 fully saturated rings. The topological polar surface area (TPSA) is 29.5 Å². The van der Waals surface area contributed by atoms with Crippen LogP contribution in [0.1, 0.15) is 22.8 Å². The molecule has 12 rings (SSSR count). The number of benzene rings is 9. The third kappa shape index (κ3) is 6.72. The number of furan rings is 2. The van der Waals surface area contributed by atoms with E-state index in [-0.39, 0.29) is 5.92 Å². The highest BCUT2D eigenvalue weighted by Gasteiger charge is 2.23. The zero-order valence-corrected chi connectivity index (χ0v) is 34.5. The Morgan fingerprint density at radius 3 is 1.67 bits per heavy atom. The smallest absolute Gasteiger partial charge is 0.136 e. The number of hydrogen-bond acceptors (Lipinski definition) is 3. The predicted molar refractivity (Wildman–Crippen MR) is 262 cm³/mol. The van der Waals surface area contributed by atoms with Crippen LogP contribution >= 0.6 is 0 Å². The van der Waals surface area contributed by atoms with E-state index in [0.29, 0.717) is 0 Å². The zero-order valence-electron chi connectivity index (χ0n) is 34.5. The quantitative estimate of drug-likeness (QED) is 0.153. The molecule has 0 saturated carbocycles. The first-order chi connectivity index (χ1) is 31.2. The van der Waals surface area contributed by atoms with Crippen molar-refractivity contribution in [1.82, 2.24) is 0 Å². The van der Waals surface area contributed by atoms with Gasteiger partial charge in [0.2, 0.25) is 0 Å². The SMILES string of the molecule is C1=CC(c2ccc3c(c2)oc2cccc(-c4ccc(N(c5ccc(-c6ccccc6)cc5)c5cccc(-c6ccc(-c7ccccc7)cc6)c5)cc4)c23)Cc2oc3ccccc3c21. The second-order valence-electron chi connectivity index (χ2n) is 16.4. The molecule has 9 aromatic carbocycles. The first kappa shape index (κ1) is 36.7. The Kier molecular flexibility index (Phi) is 8.97. The van der Waals surface area contributed by atoms with Gasteiger partial charge in [-0.25, -0.2) is 0 Å². The van der Waals surface area contributed by atoms with E-state index in [2.05, 4.69) is 229 Å². The molecule has 1 atom stereocenters. The van der Waals surface area contributed by atoms with Crippen molar-refractivity contribution >= 4 is 56.0 Å². The molecule has 3 nitrogen and oxygen atoms in total. The second-order valence-corrected chi connectivity index (χ2v) is 16.4. The number of hydrogen-bond donors (Lipinski definition) is 0. The molecular formula is C60H41NO2. The van der Waals surface area contributed by atoms with Gasteiger partial charge in [0, 0.05) is 51.1 Å². The summed E-state index contributed by atoms with van der Waals surface area (Å²) in [4.78, 5) is 2.35. The van der Waals surface area contributed by atoms with Crippen LogP contribution in [0.4, 0.5) is 17.1 Å². The summed E-state index contributed by atoms with van der Waals surface area (Å²) in [6.07, 6.45) is 5.36. The minimum atomic E-state index is 0.209. The first-order valence-corrected chi connectivity index (χ1v) is 21.7. The van der Waals surface area contributed by atoms with Gasteiger partial charge in [0.25, 0.3) is 0 Å². The number of anilines is 3. The Morgan fingerprint density at radius 2 is 0.952 bits per heavy atom. The third-order valence-corrected chi connectivity index (χ3v) is 12.7. The van der Waals surface area contributed by atoms with Gasteiger partial charge in [0.15, 0.2) is 0 Å². The van der Waals surface area contributed by atoms with Crippen molar-refractivity contribution < 1.29 is 8.83 Å². The lowest BCUT2D eigenvalue weighted by atomic mass is 9.87. The number of fused-ring (bicyclic) bond motifs is 6.